The molecule has 0 spiro atoms. The van der Waals surface area contributed by atoms with Crippen molar-refractivity contribution in [3.63, 3.8) is 0 Å². The van der Waals surface area contributed by atoms with Crippen molar-refractivity contribution in [2.45, 2.75) is 43.6 Å². The van der Waals surface area contributed by atoms with Crippen LogP contribution in [0.25, 0.3) is 10.9 Å². The molecule has 0 atom stereocenters. The van der Waals surface area contributed by atoms with E-state index in [1.54, 1.807) is 0 Å². The standard InChI is InChI=1S/C14H17N3/c15-14(6-7-14)10-4-5-11-12(8-10)16-17-13(11)9-2-1-3-9/h4-5,8-9H,1-3,6-7,15H2,(H,16,17). The Morgan fingerprint density at radius 3 is 2.76 bits per heavy atom. The topological polar surface area (TPSA) is 54.7 Å². The Labute approximate surface area is 100 Å². The van der Waals surface area contributed by atoms with E-state index >= 15 is 0 Å². The van der Waals surface area contributed by atoms with Gasteiger partial charge in [-0.05, 0) is 37.3 Å². The van der Waals surface area contributed by atoms with Crippen LogP contribution in [0, 0.1) is 0 Å². The van der Waals surface area contributed by atoms with Crippen LogP contribution in [0.3, 0.4) is 0 Å². The molecule has 3 nitrogen and oxygen atoms in total. The summed E-state index contributed by atoms with van der Waals surface area (Å²) in [5, 5.41) is 8.96. The predicted molar refractivity (Wildman–Crippen MR) is 67.8 cm³/mol. The zero-order valence-electron chi connectivity index (χ0n) is 9.87. The number of benzene rings is 1. The monoisotopic (exact) mass is 227 g/mol. The van der Waals surface area contributed by atoms with E-state index in [4.69, 9.17) is 5.73 Å². The third kappa shape index (κ3) is 1.35. The van der Waals surface area contributed by atoms with E-state index in [2.05, 4.69) is 28.4 Å². The quantitative estimate of drug-likeness (QED) is 0.828. The van der Waals surface area contributed by atoms with Crippen molar-refractivity contribution < 1.29 is 0 Å². The highest BCUT2D eigenvalue weighted by Crippen LogP contribution is 2.44. The van der Waals surface area contributed by atoms with Gasteiger partial charge in [0.1, 0.15) is 0 Å². The molecule has 0 radical (unpaired) electrons. The minimum Gasteiger partial charge on any atom is -0.321 e. The summed E-state index contributed by atoms with van der Waals surface area (Å²) in [4.78, 5) is 0. The van der Waals surface area contributed by atoms with Gasteiger partial charge in [-0.25, -0.2) is 0 Å². The van der Waals surface area contributed by atoms with E-state index in [0.29, 0.717) is 5.92 Å². The fourth-order valence-electron chi connectivity index (χ4n) is 2.77. The van der Waals surface area contributed by atoms with Crippen LogP contribution >= 0.6 is 0 Å². The Bertz CT molecular complexity index is 576. The number of aromatic nitrogens is 2. The molecule has 17 heavy (non-hydrogen) atoms. The number of rotatable bonds is 2. The molecule has 0 bridgehead atoms. The van der Waals surface area contributed by atoms with Crippen molar-refractivity contribution in [2.24, 2.45) is 5.73 Å². The summed E-state index contributed by atoms with van der Waals surface area (Å²) in [5.74, 6) is 0.707. The highest BCUT2D eigenvalue weighted by Gasteiger charge is 2.40. The van der Waals surface area contributed by atoms with Gasteiger partial charge in [-0.2, -0.15) is 5.10 Å². The van der Waals surface area contributed by atoms with Crippen molar-refractivity contribution >= 4 is 10.9 Å². The van der Waals surface area contributed by atoms with Crippen LogP contribution in [0.5, 0.6) is 0 Å². The van der Waals surface area contributed by atoms with Crippen LogP contribution in [0.15, 0.2) is 18.2 Å². The van der Waals surface area contributed by atoms with Gasteiger partial charge in [-0.15, -0.1) is 0 Å². The molecule has 1 aromatic carbocycles. The fourth-order valence-corrected chi connectivity index (χ4v) is 2.77. The van der Waals surface area contributed by atoms with Crippen LogP contribution in [0.1, 0.15) is 49.3 Å². The van der Waals surface area contributed by atoms with E-state index in [9.17, 15) is 0 Å². The van der Waals surface area contributed by atoms with E-state index in [1.165, 1.54) is 35.9 Å². The summed E-state index contributed by atoms with van der Waals surface area (Å²) in [7, 11) is 0. The molecule has 2 saturated carbocycles. The summed E-state index contributed by atoms with van der Waals surface area (Å²) < 4.78 is 0. The number of H-pyrrole nitrogens is 1. The van der Waals surface area contributed by atoms with Gasteiger partial charge in [-0.3, -0.25) is 5.10 Å². The normalized spacial score (nSPS) is 22.6. The molecule has 4 rings (SSSR count). The molecule has 3 N–H and O–H groups in total. The van der Waals surface area contributed by atoms with Crippen LogP contribution in [0.4, 0.5) is 0 Å². The van der Waals surface area contributed by atoms with Gasteiger partial charge in [0.05, 0.1) is 5.52 Å². The van der Waals surface area contributed by atoms with E-state index in [1.807, 2.05) is 0 Å². The van der Waals surface area contributed by atoms with Crippen molar-refractivity contribution in [1.82, 2.24) is 10.2 Å². The maximum absolute atomic E-state index is 6.22. The largest absolute Gasteiger partial charge is 0.321 e. The fraction of sp³-hybridized carbons (Fsp3) is 0.500. The Kier molecular flexibility index (Phi) is 1.76. The molecule has 88 valence electrons. The minimum absolute atomic E-state index is 0.0518. The average molecular weight is 227 g/mol. The first-order valence-electron chi connectivity index (χ1n) is 6.54. The molecular formula is C14H17N3. The molecule has 0 saturated heterocycles. The van der Waals surface area contributed by atoms with Gasteiger partial charge < -0.3 is 5.73 Å². The van der Waals surface area contributed by atoms with Gasteiger partial charge in [0.2, 0.25) is 0 Å². The first-order chi connectivity index (χ1) is 8.26. The summed E-state index contributed by atoms with van der Waals surface area (Å²) in [5.41, 5.74) is 9.84. The molecule has 2 aliphatic rings. The van der Waals surface area contributed by atoms with Crippen LogP contribution in [-0.4, -0.2) is 10.2 Å². The smallest absolute Gasteiger partial charge is 0.0927 e. The van der Waals surface area contributed by atoms with E-state index in [0.717, 1.165) is 18.4 Å². The molecule has 1 heterocycles. The lowest BCUT2D eigenvalue weighted by Crippen LogP contribution is -2.18. The predicted octanol–water partition coefficient (Wildman–Crippen LogP) is 2.78. The molecule has 0 unspecified atom stereocenters. The first-order valence-corrected chi connectivity index (χ1v) is 6.54. The number of nitrogens with two attached hydrogens (primary N) is 1. The van der Waals surface area contributed by atoms with Crippen molar-refractivity contribution in [3.05, 3.63) is 29.5 Å². The number of nitrogens with zero attached hydrogens (tertiary/aromatic N) is 1. The van der Waals surface area contributed by atoms with Gasteiger partial charge in [0.15, 0.2) is 0 Å². The maximum atomic E-state index is 6.22. The second-order valence-electron chi connectivity index (χ2n) is 5.65. The molecular weight excluding hydrogens is 210 g/mol. The second-order valence-corrected chi connectivity index (χ2v) is 5.65. The van der Waals surface area contributed by atoms with Gasteiger partial charge in [0, 0.05) is 22.5 Å². The lowest BCUT2D eigenvalue weighted by molar-refractivity contribution is 0.413. The summed E-state index contributed by atoms with van der Waals surface area (Å²) in [6.07, 6.45) is 6.19. The van der Waals surface area contributed by atoms with Gasteiger partial charge in [-0.1, -0.05) is 18.6 Å². The molecule has 2 aliphatic carbocycles. The zero-order valence-corrected chi connectivity index (χ0v) is 9.87. The van der Waals surface area contributed by atoms with E-state index in [-0.39, 0.29) is 5.54 Å². The molecule has 1 aromatic heterocycles. The first kappa shape index (κ1) is 9.66. The third-order valence-corrected chi connectivity index (χ3v) is 4.46. The summed E-state index contributed by atoms with van der Waals surface area (Å²) in [6.45, 7) is 0. The number of hydrogen-bond acceptors (Lipinski definition) is 2. The van der Waals surface area contributed by atoms with Crippen LogP contribution in [-0.2, 0) is 5.54 Å². The number of fused-ring (bicyclic) bond motifs is 1. The van der Waals surface area contributed by atoms with E-state index < -0.39 is 0 Å². The van der Waals surface area contributed by atoms with Crippen LogP contribution < -0.4 is 5.73 Å². The average Bonchev–Trinajstić information content (AvgIpc) is 2.88. The third-order valence-electron chi connectivity index (χ3n) is 4.46. The molecule has 2 fully saturated rings. The molecule has 0 amide bonds. The summed E-state index contributed by atoms with van der Waals surface area (Å²) in [6, 6.07) is 6.56. The van der Waals surface area contributed by atoms with Crippen molar-refractivity contribution in [2.75, 3.05) is 0 Å². The number of hydrogen-bond donors (Lipinski definition) is 2. The van der Waals surface area contributed by atoms with Gasteiger partial charge in [0.25, 0.3) is 0 Å². The van der Waals surface area contributed by atoms with Crippen molar-refractivity contribution in [3.8, 4) is 0 Å². The molecule has 0 aliphatic heterocycles. The SMILES string of the molecule is NC1(c2ccc3c(C4CCC4)[nH]nc3c2)CC1. The minimum atomic E-state index is -0.0518. The number of aromatic amines is 1. The Morgan fingerprint density at radius 2 is 2.12 bits per heavy atom. The Balaban J connectivity index is 1.81. The summed E-state index contributed by atoms with van der Waals surface area (Å²) >= 11 is 0. The molecule has 2 aromatic rings. The maximum Gasteiger partial charge on any atom is 0.0927 e. The highest BCUT2D eigenvalue weighted by molar-refractivity contribution is 5.83. The second kappa shape index (κ2) is 3.10. The highest BCUT2D eigenvalue weighted by atomic mass is 15.1. The lowest BCUT2D eigenvalue weighted by Gasteiger charge is -2.24. The Hall–Kier alpha value is -1.35. The van der Waals surface area contributed by atoms with Gasteiger partial charge >= 0.3 is 0 Å². The Morgan fingerprint density at radius 1 is 1.29 bits per heavy atom. The lowest BCUT2D eigenvalue weighted by atomic mass is 9.82. The molecule has 3 heteroatoms. The van der Waals surface area contributed by atoms with Crippen molar-refractivity contribution in [1.29, 1.82) is 0 Å². The van der Waals surface area contributed by atoms with Crippen LogP contribution in [0.2, 0.25) is 0 Å². The number of nitrogens with one attached hydrogen (secondary N) is 1. The zero-order chi connectivity index (χ0) is 11.5.